The number of benzene rings is 1. The Morgan fingerprint density at radius 3 is 2.33 bits per heavy atom. The normalized spacial score (nSPS) is 10.7. The minimum Gasteiger partial charge on any atom is -0.361 e. The summed E-state index contributed by atoms with van der Waals surface area (Å²) in [6, 6.07) is 5.29. The Hall–Kier alpha value is -0.990. The first-order chi connectivity index (χ1) is 7.11. The van der Waals surface area contributed by atoms with Gasteiger partial charge in [0.15, 0.2) is 0 Å². The summed E-state index contributed by atoms with van der Waals surface area (Å²) in [5, 5.41) is 4.99. The SMILES string of the molecule is [CH2]c1c(-c2c(Cl)cccc2Cl)noc1C. The van der Waals surface area contributed by atoms with Crippen molar-refractivity contribution in [2.45, 2.75) is 6.92 Å². The molecular formula is C11H8Cl2NO. The van der Waals surface area contributed by atoms with Crippen molar-refractivity contribution >= 4 is 23.2 Å². The van der Waals surface area contributed by atoms with Gasteiger partial charge >= 0.3 is 0 Å². The number of hydrogen-bond acceptors (Lipinski definition) is 2. The van der Waals surface area contributed by atoms with Crippen LogP contribution in [0.2, 0.25) is 10.0 Å². The van der Waals surface area contributed by atoms with E-state index >= 15 is 0 Å². The lowest BCUT2D eigenvalue weighted by molar-refractivity contribution is 0.399. The van der Waals surface area contributed by atoms with Gasteiger partial charge in [0.2, 0.25) is 0 Å². The molecule has 2 rings (SSSR count). The van der Waals surface area contributed by atoms with Gasteiger partial charge in [-0.3, -0.25) is 0 Å². The number of hydrogen-bond donors (Lipinski definition) is 0. The maximum Gasteiger partial charge on any atom is 0.137 e. The van der Waals surface area contributed by atoms with Gasteiger partial charge < -0.3 is 4.52 Å². The lowest BCUT2D eigenvalue weighted by atomic mass is 10.1. The molecule has 0 spiro atoms. The third kappa shape index (κ3) is 1.75. The Bertz CT molecular complexity index is 485. The van der Waals surface area contributed by atoms with Crippen LogP contribution in [-0.2, 0) is 0 Å². The van der Waals surface area contributed by atoms with Crippen LogP contribution in [0, 0.1) is 13.8 Å². The molecule has 77 valence electrons. The third-order valence-electron chi connectivity index (χ3n) is 2.18. The Morgan fingerprint density at radius 2 is 1.87 bits per heavy atom. The second-order valence-corrected chi connectivity index (χ2v) is 3.98. The Labute approximate surface area is 97.8 Å². The van der Waals surface area contributed by atoms with Gasteiger partial charge in [-0.1, -0.05) is 34.4 Å². The number of aromatic nitrogens is 1. The average molecular weight is 241 g/mol. The quantitative estimate of drug-likeness (QED) is 0.749. The van der Waals surface area contributed by atoms with Gasteiger partial charge in [-0.15, -0.1) is 0 Å². The van der Waals surface area contributed by atoms with Crippen LogP contribution in [0.3, 0.4) is 0 Å². The van der Waals surface area contributed by atoms with Crippen molar-refractivity contribution in [1.29, 1.82) is 0 Å². The maximum absolute atomic E-state index is 6.05. The van der Waals surface area contributed by atoms with E-state index in [1.165, 1.54) is 0 Å². The van der Waals surface area contributed by atoms with E-state index in [4.69, 9.17) is 27.7 Å². The molecule has 0 saturated heterocycles. The van der Waals surface area contributed by atoms with E-state index in [9.17, 15) is 0 Å². The lowest BCUT2D eigenvalue weighted by Gasteiger charge is -2.03. The van der Waals surface area contributed by atoms with Crippen molar-refractivity contribution in [3.8, 4) is 11.3 Å². The zero-order chi connectivity index (χ0) is 11.0. The molecule has 0 aliphatic heterocycles. The molecule has 1 aromatic carbocycles. The van der Waals surface area contributed by atoms with E-state index in [2.05, 4.69) is 12.1 Å². The van der Waals surface area contributed by atoms with Gasteiger partial charge in [0.1, 0.15) is 11.5 Å². The smallest absolute Gasteiger partial charge is 0.137 e. The Morgan fingerprint density at radius 1 is 1.27 bits per heavy atom. The second-order valence-electron chi connectivity index (χ2n) is 3.16. The van der Waals surface area contributed by atoms with Crippen molar-refractivity contribution in [3.05, 3.63) is 46.5 Å². The minimum atomic E-state index is 0.542. The standard InChI is InChI=1S/C11H8Cl2NO/c1-6-7(2)15-14-11(6)10-8(12)4-3-5-9(10)13/h3-5H,1H2,2H3. The van der Waals surface area contributed by atoms with Crippen LogP contribution in [0.25, 0.3) is 11.3 Å². The third-order valence-corrected chi connectivity index (χ3v) is 2.81. The number of nitrogens with zero attached hydrogens (tertiary/aromatic N) is 1. The largest absolute Gasteiger partial charge is 0.361 e. The van der Waals surface area contributed by atoms with E-state index in [1.54, 1.807) is 25.1 Å². The van der Waals surface area contributed by atoms with Crippen LogP contribution < -0.4 is 0 Å². The van der Waals surface area contributed by atoms with Gasteiger partial charge in [0.05, 0.1) is 10.0 Å². The monoisotopic (exact) mass is 240 g/mol. The van der Waals surface area contributed by atoms with Crippen LogP contribution in [-0.4, -0.2) is 5.16 Å². The molecule has 1 radical (unpaired) electrons. The van der Waals surface area contributed by atoms with Gasteiger partial charge in [-0.25, -0.2) is 0 Å². The molecule has 4 heteroatoms. The molecule has 0 fully saturated rings. The van der Waals surface area contributed by atoms with E-state index in [-0.39, 0.29) is 0 Å². The molecule has 1 heterocycles. The topological polar surface area (TPSA) is 26.0 Å². The summed E-state index contributed by atoms with van der Waals surface area (Å²) >= 11 is 12.1. The Balaban J connectivity index is 2.69. The fourth-order valence-corrected chi connectivity index (χ4v) is 1.89. The fraction of sp³-hybridized carbons (Fsp3) is 0.0909. The molecule has 0 N–H and O–H groups in total. The maximum atomic E-state index is 6.05. The summed E-state index contributed by atoms with van der Waals surface area (Å²) < 4.78 is 5.03. The van der Waals surface area contributed by atoms with E-state index in [0.717, 1.165) is 0 Å². The first-order valence-corrected chi connectivity index (χ1v) is 5.09. The molecule has 15 heavy (non-hydrogen) atoms. The fourth-order valence-electron chi connectivity index (χ4n) is 1.31. The van der Waals surface area contributed by atoms with Crippen LogP contribution in [0.1, 0.15) is 11.3 Å². The molecule has 0 aliphatic rings. The summed E-state index contributed by atoms with van der Waals surface area (Å²) in [6.07, 6.45) is 0. The summed E-state index contributed by atoms with van der Waals surface area (Å²) in [5.41, 5.74) is 1.98. The van der Waals surface area contributed by atoms with Crippen molar-refractivity contribution in [3.63, 3.8) is 0 Å². The van der Waals surface area contributed by atoms with E-state index < -0.39 is 0 Å². The number of aryl methyl sites for hydroxylation is 1. The first kappa shape index (κ1) is 10.5. The van der Waals surface area contributed by atoms with Gasteiger partial charge in [-0.05, 0) is 26.0 Å². The first-order valence-electron chi connectivity index (χ1n) is 4.34. The van der Waals surface area contributed by atoms with Crippen molar-refractivity contribution in [1.82, 2.24) is 5.16 Å². The van der Waals surface area contributed by atoms with Crippen molar-refractivity contribution in [2.24, 2.45) is 0 Å². The predicted molar refractivity (Wildman–Crippen MR) is 61.2 cm³/mol. The van der Waals surface area contributed by atoms with Gasteiger partial charge in [0.25, 0.3) is 0 Å². The highest BCUT2D eigenvalue weighted by Crippen LogP contribution is 2.36. The highest BCUT2D eigenvalue weighted by molar-refractivity contribution is 6.39. The van der Waals surface area contributed by atoms with E-state index in [0.29, 0.717) is 32.6 Å². The molecular weight excluding hydrogens is 233 g/mol. The van der Waals surface area contributed by atoms with Gasteiger partial charge in [-0.2, -0.15) is 0 Å². The molecule has 0 bridgehead atoms. The molecule has 0 aliphatic carbocycles. The highest BCUT2D eigenvalue weighted by Gasteiger charge is 2.16. The highest BCUT2D eigenvalue weighted by atomic mass is 35.5. The lowest BCUT2D eigenvalue weighted by Crippen LogP contribution is -1.84. The van der Waals surface area contributed by atoms with Crippen molar-refractivity contribution in [2.75, 3.05) is 0 Å². The summed E-state index contributed by atoms with van der Waals surface area (Å²) in [6.45, 7) is 5.66. The van der Waals surface area contributed by atoms with Crippen LogP contribution in [0.5, 0.6) is 0 Å². The summed E-state index contributed by atoms with van der Waals surface area (Å²) in [5.74, 6) is 0.668. The zero-order valence-corrected chi connectivity index (χ0v) is 9.56. The van der Waals surface area contributed by atoms with Gasteiger partial charge in [0, 0.05) is 11.1 Å². The molecule has 1 aromatic heterocycles. The Kier molecular flexibility index (Phi) is 2.72. The minimum absolute atomic E-state index is 0.542. The average Bonchev–Trinajstić information content (AvgIpc) is 2.49. The molecule has 2 aromatic rings. The van der Waals surface area contributed by atoms with Crippen molar-refractivity contribution < 1.29 is 4.52 Å². The molecule has 2 nitrogen and oxygen atoms in total. The molecule has 0 amide bonds. The molecule has 0 atom stereocenters. The van der Waals surface area contributed by atoms with Crippen LogP contribution in [0.4, 0.5) is 0 Å². The zero-order valence-electron chi connectivity index (χ0n) is 8.05. The van der Waals surface area contributed by atoms with E-state index in [1.807, 2.05) is 0 Å². The number of rotatable bonds is 1. The molecule has 0 unspecified atom stereocenters. The number of halogens is 2. The summed E-state index contributed by atoms with van der Waals surface area (Å²) in [4.78, 5) is 0. The predicted octanol–water partition coefficient (Wildman–Crippen LogP) is 4.14. The van der Waals surface area contributed by atoms with Crippen LogP contribution in [0.15, 0.2) is 22.7 Å². The summed E-state index contributed by atoms with van der Waals surface area (Å²) in [7, 11) is 0. The molecule has 0 saturated carbocycles. The van der Waals surface area contributed by atoms with Crippen LogP contribution >= 0.6 is 23.2 Å². The second kappa shape index (κ2) is 3.87.